The number of aryl methyl sites for hydroxylation is 1. The van der Waals surface area contributed by atoms with Crippen LogP contribution < -0.4 is 16.0 Å². The molecular formula is C15H27N7O. The predicted molar refractivity (Wildman–Crippen MR) is 89.1 cm³/mol. The normalized spacial score (nSPS) is 18.3. The van der Waals surface area contributed by atoms with Crippen LogP contribution in [0.3, 0.4) is 0 Å². The third-order valence-corrected chi connectivity index (χ3v) is 4.02. The molecule has 0 bridgehead atoms. The minimum absolute atomic E-state index is 0.0351. The van der Waals surface area contributed by atoms with Gasteiger partial charge in [-0.05, 0) is 27.2 Å². The van der Waals surface area contributed by atoms with E-state index in [4.69, 9.17) is 0 Å². The Kier molecular flexibility index (Phi) is 5.57. The van der Waals surface area contributed by atoms with Crippen molar-refractivity contribution in [1.29, 1.82) is 0 Å². The van der Waals surface area contributed by atoms with Gasteiger partial charge in [-0.2, -0.15) is 5.10 Å². The molecule has 0 spiro atoms. The largest absolute Gasteiger partial charge is 0.356 e. The minimum Gasteiger partial charge on any atom is -0.356 e. The van der Waals surface area contributed by atoms with E-state index in [1.165, 1.54) is 0 Å². The van der Waals surface area contributed by atoms with Crippen LogP contribution in [0.15, 0.2) is 11.3 Å². The Morgan fingerprint density at radius 2 is 2.26 bits per heavy atom. The molecule has 2 rings (SSSR count). The molecule has 0 aromatic carbocycles. The van der Waals surface area contributed by atoms with Gasteiger partial charge in [0.25, 0.3) is 0 Å². The fourth-order valence-corrected chi connectivity index (χ4v) is 2.53. The van der Waals surface area contributed by atoms with Crippen LogP contribution in [0, 0.1) is 5.41 Å². The summed E-state index contributed by atoms with van der Waals surface area (Å²) >= 11 is 0. The van der Waals surface area contributed by atoms with Gasteiger partial charge < -0.3 is 16.0 Å². The first-order valence-corrected chi connectivity index (χ1v) is 8.08. The lowest BCUT2D eigenvalue weighted by Gasteiger charge is -2.28. The van der Waals surface area contributed by atoms with Crippen LogP contribution in [0.1, 0.15) is 33.0 Å². The van der Waals surface area contributed by atoms with Crippen LogP contribution in [-0.4, -0.2) is 52.8 Å². The Labute approximate surface area is 137 Å². The summed E-state index contributed by atoms with van der Waals surface area (Å²) in [5.41, 5.74) is -0.501. The second kappa shape index (κ2) is 7.43. The van der Waals surface area contributed by atoms with E-state index < -0.39 is 5.41 Å². The summed E-state index contributed by atoms with van der Waals surface area (Å²) in [6.07, 6.45) is 3.48. The van der Waals surface area contributed by atoms with Crippen LogP contribution in [0.5, 0.6) is 0 Å². The van der Waals surface area contributed by atoms with Gasteiger partial charge in [-0.1, -0.05) is 0 Å². The zero-order valence-electron chi connectivity index (χ0n) is 14.4. The van der Waals surface area contributed by atoms with E-state index in [1.807, 2.05) is 25.5 Å². The maximum atomic E-state index is 12.0. The first-order valence-electron chi connectivity index (χ1n) is 8.08. The van der Waals surface area contributed by atoms with E-state index in [2.05, 4.69) is 31.0 Å². The number of carbonyl (C=O) groups excluding carboxylic acids is 1. The molecule has 3 N–H and O–H groups in total. The number of aliphatic imine (C=N–C) groups is 1. The average Bonchev–Trinajstić information content (AvgIpc) is 2.99. The molecule has 1 aliphatic rings. The van der Waals surface area contributed by atoms with Crippen LogP contribution in [-0.2, 0) is 17.8 Å². The molecule has 1 aromatic rings. The van der Waals surface area contributed by atoms with Crippen molar-refractivity contribution in [3.63, 3.8) is 0 Å². The zero-order chi connectivity index (χ0) is 16.9. The SMILES string of the molecule is CCNC(=O)C(C)(C)CNC(=NC)NC1CCc2ncnn2C1. The summed E-state index contributed by atoms with van der Waals surface area (Å²) in [5.74, 6) is 1.77. The molecule has 1 unspecified atom stereocenters. The predicted octanol–water partition coefficient (Wildman–Crippen LogP) is -0.0798. The highest BCUT2D eigenvalue weighted by Gasteiger charge is 2.28. The van der Waals surface area contributed by atoms with Crippen LogP contribution >= 0.6 is 0 Å². The maximum Gasteiger partial charge on any atom is 0.227 e. The number of fused-ring (bicyclic) bond motifs is 1. The summed E-state index contributed by atoms with van der Waals surface area (Å²) in [5, 5.41) is 13.7. The lowest BCUT2D eigenvalue weighted by atomic mass is 9.92. The van der Waals surface area contributed by atoms with Gasteiger partial charge in [0.1, 0.15) is 12.2 Å². The lowest BCUT2D eigenvalue weighted by molar-refractivity contribution is -0.128. The number of nitrogens with one attached hydrogen (secondary N) is 3. The number of aromatic nitrogens is 3. The number of nitrogens with zero attached hydrogens (tertiary/aromatic N) is 4. The summed E-state index contributed by atoms with van der Waals surface area (Å²) < 4.78 is 1.92. The van der Waals surface area contributed by atoms with Gasteiger partial charge in [-0.15, -0.1) is 0 Å². The third-order valence-electron chi connectivity index (χ3n) is 4.02. The first-order chi connectivity index (χ1) is 11.0. The maximum absolute atomic E-state index is 12.0. The molecule has 128 valence electrons. The van der Waals surface area contributed by atoms with Crippen molar-refractivity contribution in [2.24, 2.45) is 10.4 Å². The second-order valence-corrected chi connectivity index (χ2v) is 6.41. The number of hydrogen-bond donors (Lipinski definition) is 3. The van der Waals surface area contributed by atoms with Crippen LogP contribution in [0.4, 0.5) is 0 Å². The topological polar surface area (TPSA) is 96.2 Å². The summed E-state index contributed by atoms with van der Waals surface area (Å²) in [7, 11) is 1.73. The average molecular weight is 321 g/mol. The smallest absolute Gasteiger partial charge is 0.227 e. The van der Waals surface area contributed by atoms with Gasteiger partial charge >= 0.3 is 0 Å². The molecule has 0 fully saturated rings. The van der Waals surface area contributed by atoms with Gasteiger partial charge in [0.15, 0.2) is 5.96 Å². The van der Waals surface area contributed by atoms with Crippen molar-refractivity contribution in [3.05, 3.63) is 12.2 Å². The van der Waals surface area contributed by atoms with E-state index in [-0.39, 0.29) is 11.9 Å². The van der Waals surface area contributed by atoms with Crippen molar-refractivity contribution < 1.29 is 4.79 Å². The van der Waals surface area contributed by atoms with Crippen LogP contribution in [0.25, 0.3) is 0 Å². The van der Waals surface area contributed by atoms with Gasteiger partial charge in [0, 0.05) is 32.6 Å². The molecule has 0 radical (unpaired) electrons. The van der Waals surface area contributed by atoms with Gasteiger partial charge in [-0.25, -0.2) is 9.67 Å². The third kappa shape index (κ3) is 4.43. The van der Waals surface area contributed by atoms with Crippen molar-refractivity contribution in [2.75, 3.05) is 20.1 Å². The molecule has 8 nitrogen and oxygen atoms in total. The first kappa shape index (κ1) is 17.2. The van der Waals surface area contributed by atoms with Gasteiger partial charge in [-0.3, -0.25) is 9.79 Å². The molecule has 2 heterocycles. The summed E-state index contributed by atoms with van der Waals surface area (Å²) in [6.45, 7) is 7.68. The molecule has 1 aromatic heterocycles. The molecule has 8 heteroatoms. The highest BCUT2D eigenvalue weighted by molar-refractivity contribution is 5.84. The fraction of sp³-hybridized carbons (Fsp3) is 0.733. The highest BCUT2D eigenvalue weighted by atomic mass is 16.2. The lowest BCUT2D eigenvalue weighted by Crippen LogP contribution is -2.51. The number of guanidine groups is 1. The molecule has 1 atom stereocenters. The second-order valence-electron chi connectivity index (χ2n) is 6.41. The van der Waals surface area contributed by atoms with E-state index in [1.54, 1.807) is 13.4 Å². The quantitative estimate of drug-likeness (QED) is 0.521. The van der Waals surface area contributed by atoms with E-state index >= 15 is 0 Å². The fourth-order valence-electron chi connectivity index (χ4n) is 2.53. The van der Waals surface area contributed by atoms with Crippen molar-refractivity contribution in [3.8, 4) is 0 Å². The Hall–Kier alpha value is -2.12. The minimum atomic E-state index is -0.501. The Morgan fingerprint density at radius 3 is 2.96 bits per heavy atom. The molecule has 1 aliphatic heterocycles. The van der Waals surface area contributed by atoms with E-state index in [9.17, 15) is 4.79 Å². The van der Waals surface area contributed by atoms with Crippen molar-refractivity contribution >= 4 is 11.9 Å². The number of rotatable bonds is 5. The molecule has 1 amide bonds. The Morgan fingerprint density at radius 1 is 1.48 bits per heavy atom. The highest BCUT2D eigenvalue weighted by Crippen LogP contribution is 2.14. The zero-order valence-corrected chi connectivity index (χ0v) is 14.4. The Balaban J connectivity index is 1.86. The van der Waals surface area contributed by atoms with Crippen molar-refractivity contribution in [1.82, 2.24) is 30.7 Å². The monoisotopic (exact) mass is 321 g/mol. The number of amides is 1. The summed E-state index contributed by atoms with van der Waals surface area (Å²) in [6, 6.07) is 0.253. The molecule has 0 aliphatic carbocycles. The Bertz CT molecular complexity index is 564. The molecule has 23 heavy (non-hydrogen) atoms. The standard InChI is InChI=1S/C15H27N7O/c1-5-17-13(23)15(2,3)9-18-14(16-4)21-11-6-7-12-19-10-20-22(12)8-11/h10-11H,5-9H2,1-4H3,(H,17,23)(H2,16,18,21). The molecule has 0 saturated heterocycles. The van der Waals surface area contributed by atoms with E-state index in [0.29, 0.717) is 19.0 Å². The molecular weight excluding hydrogens is 294 g/mol. The van der Waals surface area contributed by atoms with Crippen LogP contribution in [0.2, 0.25) is 0 Å². The number of hydrogen-bond acceptors (Lipinski definition) is 4. The van der Waals surface area contributed by atoms with Gasteiger partial charge in [0.2, 0.25) is 5.91 Å². The van der Waals surface area contributed by atoms with E-state index in [0.717, 1.165) is 25.2 Å². The van der Waals surface area contributed by atoms with Gasteiger partial charge in [0.05, 0.1) is 12.0 Å². The molecule has 0 saturated carbocycles. The number of carbonyl (C=O) groups is 1. The summed E-state index contributed by atoms with van der Waals surface area (Å²) in [4.78, 5) is 20.5. The van der Waals surface area contributed by atoms with Crippen molar-refractivity contribution in [2.45, 2.75) is 46.2 Å².